The van der Waals surface area contributed by atoms with E-state index >= 15 is 0 Å². The molecule has 7 heteroatoms. The molecule has 2 heterocycles. The Kier molecular flexibility index (Phi) is 3.31. The van der Waals surface area contributed by atoms with Crippen molar-refractivity contribution in [2.75, 3.05) is 0 Å². The van der Waals surface area contributed by atoms with Crippen molar-refractivity contribution in [1.82, 2.24) is 14.5 Å². The zero-order valence-corrected chi connectivity index (χ0v) is 10.00. The molecule has 2 rings (SSSR count). The van der Waals surface area contributed by atoms with Crippen LogP contribution in [0.15, 0.2) is 34.0 Å². The molecule has 0 aliphatic heterocycles. The highest BCUT2D eigenvalue weighted by atomic mass is 35.5. The van der Waals surface area contributed by atoms with Gasteiger partial charge in [0.15, 0.2) is 0 Å². The first kappa shape index (κ1) is 11.9. The fourth-order valence-electron chi connectivity index (χ4n) is 1.30. The van der Waals surface area contributed by atoms with Gasteiger partial charge in [-0.15, -0.1) is 0 Å². The summed E-state index contributed by atoms with van der Waals surface area (Å²) in [4.78, 5) is 28.5. The van der Waals surface area contributed by atoms with Gasteiger partial charge in [-0.2, -0.15) is 0 Å². The summed E-state index contributed by atoms with van der Waals surface area (Å²) in [5, 5.41) is 0.703. The molecule has 0 bridgehead atoms. The maximum absolute atomic E-state index is 11.4. The Morgan fingerprint density at radius 2 is 2.00 bits per heavy atom. The van der Waals surface area contributed by atoms with Crippen LogP contribution in [0.2, 0.25) is 10.2 Å². The Balaban J connectivity index is 2.41. The van der Waals surface area contributed by atoms with Gasteiger partial charge in [0.1, 0.15) is 5.15 Å². The molecular formula is C10H7Cl2N3O2. The second-order valence-corrected chi connectivity index (χ2v) is 4.09. The van der Waals surface area contributed by atoms with Crippen LogP contribution in [0.25, 0.3) is 0 Å². The van der Waals surface area contributed by atoms with Crippen LogP contribution in [0.1, 0.15) is 5.69 Å². The van der Waals surface area contributed by atoms with Crippen LogP contribution in [0, 0.1) is 0 Å². The molecule has 0 fully saturated rings. The molecule has 2 aromatic rings. The van der Waals surface area contributed by atoms with Gasteiger partial charge in [-0.25, -0.2) is 9.78 Å². The summed E-state index contributed by atoms with van der Waals surface area (Å²) in [6, 6.07) is 4.41. The number of halogens is 2. The molecule has 0 atom stereocenters. The van der Waals surface area contributed by atoms with Crippen LogP contribution in [-0.2, 0) is 6.54 Å². The highest BCUT2D eigenvalue weighted by Gasteiger charge is 2.05. The third-order valence-electron chi connectivity index (χ3n) is 2.10. The summed E-state index contributed by atoms with van der Waals surface area (Å²) in [5.74, 6) is 0. The second-order valence-electron chi connectivity index (χ2n) is 3.30. The number of pyridine rings is 1. The van der Waals surface area contributed by atoms with E-state index in [0.29, 0.717) is 15.9 Å². The van der Waals surface area contributed by atoms with Crippen LogP contribution in [0.4, 0.5) is 0 Å². The zero-order chi connectivity index (χ0) is 12.4. The van der Waals surface area contributed by atoms with Gasteiger partial charge in [0.25, 0.3) is 5.56 Å². The Bertz CT molecular complexity index is 663. The minimum absolute atomic E-state index is 0.148. The Hall–Kier alpha value is -1.59. The van der Waals surface area contributed by atoms with Gasteiger partial charge < -0.3 is 0 Å². The predicted octanol–water partition coefficient (Wildman–Crippen LogP) is 1.29. The maximum Gasteiger partial charge on any atom is 0.328 e. The number of hydrogen-bond donors (Lipinski definition) is 1. The Morgan fingerprint density at radius 3 is 2.71 bits per heavy atom. The van der Waals surface area contributed by atoms with E-state index in [2.05, 4.69) is 9.97 Å². The van der Waals surface area contributed by atoms with E-state index in [4.69, 9.17) is 23.2 Å². The van der Waals surface area contributed by atoms with Crippen molar-refractivity contribution >= 4 is 23.2 Å². The highest BCUT2D eigenvalue weighted by molar-refractivity contribution is 6.32. The van der Waals surface area contributed by atoms with Gasteiger partial charge in [-0.05, 0) is 12.1 Å². The molecule has 0 saturated carbocycles. The number of hydrogen-bond acceptors (Lipinski definition) is 3. The first-order valence-electron chi connectivity index (χ1n) is 4.67. The normalized spacial score (nSPS) is 10.5. The lowest BCUT2D eigenvalue weighted by molar-refractivity contribution is 0.705. The molecule has 0 saturated heterocycles. The zero-order valence-electron chi connectivity index (χ0n) is 8.48. The van der Waals surface area contributed by atoms with Crippen molar-refractivity contribution in [1.29, 1.82) is 0 Å². The lowest BCUT2D eigenvalue weighted by Gasteiger charge is -2.05. The van der Waals surface area contributed by atoms with E-state index in [-0.39, 0.29) is 6.54 Å². The second kappa shape index (κ2) is 4.73. The molecule has 2 aromatic heterocycles. The summed E-state index contributed by atoms with van der Waals surface area (Å²) in [5.41, 5.74) is -0.500. The summed E-state index contributed by atoms with van der Waals surface area (Å²) in [6.07, 6.45) is 1.38. The van der Waals surface area contributed by atoms with Crippen molar-refractivity contribution in [2.24, 2.45) is 0 Å². The summed E-state index contributed by atoms with van der Waals surface area (Å²) >= 11 is 11.7. The number of aromatic nitrogens is 3. The fourth-order valence-corrected chi connectivity index (χ4v) is 1.63. The summed E-state index contributed by atoms with van der Waals surface area (Å²) in [7, 11) is 0. The van der Waals surface area contributed by atoms with Crippen molar-refractivity contribution in [3.05, 3.63) is 61.1 Å². The van der Waals surface area contributed by atoms with E-state index in [9.17, 15) is 9.59 Å². The van der Waals surface area contributed by atoms with Crippen LogP contribution in [-0.4, -0.2) is 14.5 Å². The topological polar surface area (TPSA) is 67.8 Å². The highest BCUT2D eigenvalue weighted by Crippen LogP contribution is 2.17. The van der Waals surface area contributed by atoms with E-state index < -0.39 is 11.2 Å². The minimum Gasteiger partial charge on any atom is -0.295 e. The van der Waals surface area contributed by atoms with E-state index in [0.717, 1.165) is 0 Å². The van der Waals surface area contributed by atoms with Crippen molar-refractivity contribution in [2.45, 2.75) is 6.54 Å². The largest absolute Gasteiger partial charge is 0.328 e. The monoisotopic (exact) mass is 271 g/mol. The molecule has 0 aliphatic carbocycles. The molecule has 88 valence electrons. The lowest BCUT2D eigenvalue weighted by Crippen LogP contribution is -2.29. The number of H-pyrrole nitrogens is 1. The molecule has 5 nitrogen and oxygen atoms in total. The molecule has 0 amide bonds. The van der Waals surface area contributed by atoms with Crippen LogP contribution in [0.3, 0.4) is 0 Å². The molecule has 1 N–H and O–H groups in total. The quantitative estimate of drug-likeness (QED) is 0.837. The van der Waals surface area contributed by atoms with Gasteiger partial charge in [-0.3, -0.25) is 14.3 Å². The smallest absolute Gasteiger partial charge is 0.295 e. The Labute approximate surface area is 106 Å². The third-order valence-corrected chi connectivity index (χ3v) is 2.66. The number of rotatable bonds is 2. The van der Waals surface area contributed by atoms with E-state index in [1.54, 1.807) is 12.1 Å². The van der Waals surface area contributed by atoms with Crippen molar-refractivity contribution in [3.63, 3.8) is 0 Å². The first-order valence-corrected chi connectivity index (χ1v) is 5.42. The van der Waals surface area contributed by atoms with Gasteiger partial charge in [0.05, 0.1) is 17.3 Å². The van der Waals surface area contributed by atoms with E-state index in [1.807, 2.05) is 0 Å². The summed E-state index contributed by atoms with van der Waals surface area (Å²) < 4.78 is 1.28. The minimum atomic E-state index is -0.518. The standard InChI is InChI=1S/C10H7Cl2N3O2/c11-6-1-2-8(12)13-7(6)5-15-4-3-9(16)14-10(15)17/h1-4H,5H2,(H,14,16,17). The average molecular weight is 272 g/mol. The summed E-state index contributed by atoms with van der Waals surface area (Å²) in [6.45, 7) is 0.148. The first-order chi connectivity index (χ1) is 8.06. The van der Waals surface area contributed by atoms with Gasteiger partial charge in [0.2, 0.25) is 0 Å². The van der Waals surface area contributed by atoms with Crippen LogP contribution < -0.4 is 11.2 Å². The molecular weight excluding hydrogens is 265 g/mol. The average Bonchev–Trinajstić information content (AvgIpc) is 2.27. The molecule has 0 unspecified atom stereocenters. The maximum atomic E-state index is 11.4. The van der Waals surface area contributed by atoms with E-state index in [1.165, 1.54) is 16.8 Å². The number of nitrogens with zero attached hydrogens (tertiary/aromatic N) is 2. The third kappa shape index (κ3) is 2.75. The Morgan fingerprint density at radius 1 is 1.24 bits per heavy atom. The van der Waals surface area contributed by atoms with Crippen LogP contribution in [0.5, 0.6) is 0 Å². The molecule has 0 aliphatic rings. The van der Waals surface area contributed by atoms with Gasteiger partial charge >= 0.3 is 5.69 Å². The number of nitrogens with one attached hydrogen (secondary N) is 1. The lowest BCUT2D eigenvalue weighted by atomic mass is 10.3. The van der Waals surface area contributed by atoms with Gasteiger partial charge in [-0.1, -0.05) is 23.2 Å². The SMILES string of the molecule is O=c1ccn(Cc2nc(Cl)ccc2Cl)c(=O)[nH]1. The fraction of sp³-hybridized carbons (Fsp3) is 0.100. The van der Waals surface area contributed by atoms with Crippen molar-refractivity contribution in [3.8, 4) is 0 Å². The molecule has 0 radical (unpaired) electrons. The molecule has 0 spiro atoms. The predicted molar refractivity (Wildman–Crippen MR) is 64.7 cm³/mol. The number of aromatic amines is 1. The van der Waals surface area contributed by atoms with Crippen LogP contribution >= 0.6 is 23.2 Å². The van der Waals surface area contributed by atoms with Gasteiger partial charge in [0, 0.05) is 12.3 Å². The van der Waals surface area contributed by atoms with Crippen molar-refractivity contribution < 1.29 is 0 Å². The molecule has 17 heavy (non-hydrogen) atoms. The molecule has 0 aromatic carbocycles.